The first-order chi connectivity index (χ1) is 7.77. The summed E-state index contributed by atoms with van der Waals surface area (Å²) in [5, 5.41) is 3.29. The van der Waals surface area contributed by atoms with E-state index in [0.717, 1.165) is 39.2 Å². The van der Waals surface area contributed by atoms with Crippen LogP contribution >= 0.6 is 0 Å². The van der Waals surface area contributed by atoms with Crippen LogP contribution in [0.2, 0.25) is 0 Å². The van der Waals surface area contributed by atoms with Gasteiger partial charge in [-0.25, -0.2) is 0 Å². The zero-order chi connectivity index (χ0) is 11.8. The molecule has 1 atom stereocenters. The van der Waals surface area contributed by atoms with Gasteiger partial charge in [-0.2, -0.15) is 0 Å². The Balaban J connectivity index is 2.03. The number of rotatable bonds is 7. The standard InChI is InChI=1S/C12H24N2O2/c1-3-14(4-2)12(15)7-8-13-10-11-6-5-9-16-11/h11,13H,3-10H2,1-2H3. The highest BCUT2D eigenvalue weighted by atomic mass is 16.5. The number of hydrogen-bond donors (Lipinski definition) is 1. The quantitative estimate of drug-likeness (QED) is 0.661. The first-order valence-electron chi connectivity index (χ1n) is 6.38. The Bertz CT molecular complexity index is 199. The molecular weight excluding hydrogens is 204 g/mol. The van der Waals surface area contributed by atoms with Gasteiger partial charge in [-0.1, -0.05) is 0 Å². The fourth-order valence-corrected chi connectivity index (χ4v) is 2.00. The summed E-state index contributed by atoms with van der Waals surface area (Å²) in [5.74, 6) is 0.241. The van der Waals surface area contributed by atoms with E-state index in [4.69, 9.17) is 4.74 Å². The summed E-state index contributed by atoms with van der Waals surface area (Å²) in [6.45, 7) is 8.18. The molecule has 1 rings (SSSR count). The molecule has 1 amide bonds. The molecule has 0 aromatic rings. The molecule has 0 aliphatic carbocycles. The van der Waals surface area contributed by atoms with E-state index in [1.807, 2.05) is 18.7 Å². The molecule has 0 aromatic carbocycles. The summed E-state index contributed by atoms with van der Waals surface area (Å²) in [6, 6.07) is 0. The van der Waals surface area contributed by atoms with Gasteiger partial charge in [0.05, 0.1) is 6.10 Å². The molecule has 1 unspecified atom stereocenters. The summed E-state index contributed by atoms with van der Waals surface area (Å²) < 4.78 is 5.49. The number of carbonyl (C=O) groups is 1. The van der Waals surface area contributed by atoms with Crippen LogP contribution in [0, 0.1) is 0 Å². The molecular formula is C12H24N2O2. The van der Waals surface area contributed by atoms with E-state index in [2.05, 4.69) is 5.32 Å². The van der Waals surface area contributed by atoms with Gasteiger partial charge in [-0.05, 0) is 26.7 Å². The van der Waals surface area contributed by atoms with E-state index in [1.54, 1.807) is 0 Å². The van der Waals surface area contributed by atoms with Gasteiger partial charge in [0.25, 0.3) is 0 Å². The number of hydrogen-bond acceptors (Lipinski definition) is 3. The lowest BCUT2D eigenvalue weighted by atomic mass is 10.2. The maximum absolute atomic E-state index is 11.7. The Labute approximate surface area is 98.3 Å². The van der Waals surface area contributed by atoms with E-state index in [-0.39, 0.29) is 5.91 Å². The third-order valence-corrected chi connectivity index (χ3v) is 3.03. The smallest absolute Gasteiger partial charge is 0.223 e. The van der Waals surface area contributed by atoms with Crippen LogP contribution in [0.25, 0.3) is 0 Å². The molecule has 0 saturated carbocycles. The summed E-state index contributed by atoms with van der Waals surface area (Å²) >= 11 is 0. The van der Waals surface area contributed by atoms with Crippen molar-refractivity contribution < 1.29 is 9.53 Å². The Kier molecular flexibility index (Phi) is 6.42. The molecule has 1 aliphatic rings. The third-order valence-electron chi connectivity index (χ3n) is 3.03. The molecule has 1 fully saturated rings. The largest absolute Gasteiger partial charge is 0.377 e. The van der Waals surface area contributed by atoms with Crippen LogP contribution in [0.4, 0.5) is 0 Å². The fraction of sp³-hybridized carbons (Fsp3) is 0.917. The summed E-state index contributed by atoms with van der Waals surface area (Å²) in [5.41, 5.74) is 0. The minimum atomic E-state index is 0.241. The van der Waals surface area contributed by atoms with Crippen LogP contribution in [0.3, 0.4) is 0 Å². The average Bonchev–Trinajstić information content (AvgIpc) is 2.79. The lowest BCUT2D eigenvalue weighted by Crippen LogP contribution is -2.34. The second kappa shape index (κ2) is 7.63. The van der Waals surface area contributed by atoms with Crippen LogP contribution in [0.1, 0.15) is 33.1 Å². The molecule has 0 aromatic heterocycles. The molecule has 4 heteroatoms. The molecule has 0 radical (unpaired) electrons. The van der Waals surface area contributed by atoms with Crippen molar-refractivity contribution in [2.24, 2.45) is 0 Å². The molecule has 0 spiro atoms. The molecule has 4 nitrogen and oxygen atoms in total. The van der Waals surface area contributed by atoms with E-state index in [9.17, 15) is 4.79 Å². The minimum absolute atomic E-state index is 0.241. The predicted molar refractivity (Wildman–Crippen MR) is 64.4 cm³/mol. The van der Waals surface area contributed by atoms with Crippen molar-refractivity contribution in [1.82, 2.24) is 10.2 Å². The number of nitrogens with zero attached hydrogens (tertiary/aromatic N) is 1. The van der Waals surface area contributed by atoms with Crippen LogP contribution < -0.4 is 5.32 Å². The Morgan fingerprint density at radius 2 is 2.19 bits per heavy atom. The van der Waals surface area contributed by atoms with Gasteiger partial charge in [0.1, 0.15) is 0 Å². The van der Waals surface area contributed by atoms with Gasteiger partial charge in [0.2, 0.25) is 5.91 Å². The number of ether oxygens (including phenoxy) is 1. The summed E-state index contributed by atoms with van der Waals surface area (Å²) in [6.07, 6.45) is 3.28. The Morgan fingerprint density at radius 1 is 1.44 bits per heavy atom. The van der Waals surface area contributed by atoms with Gasteiger partial charge in [-0.15, -0.1) is 0 Å². The van der Waals surface area contributed by atoms with Gasteiger partial charge < -0.3 is 15.0 Å². The SMILES string of the molecule is CCN(CC)C(=O)CCNCC1CCCO1. The first kappa shape index (κ1) is 13.5. The Morgan fingerprint density at radius 3 is 2.75 bits per heavy atom. The van der Waals surface area contributed by atoms with Gasteiger partial charge in [0.15, 0.2) is 0 Å². The molecule has 1 saturated heterocycles. The van der Waals surface area contributed by atoms with Crippen molar-refractivity contribution in [3.05, 3.63) is 0 Å². The van der Waals surface area contributed by atoms with Crippen LogP contribution in [-0.4, -0.2) is 49.7 Å². The average molecular weight is 228 g/mol. The lowest BCUT2D eigenvalue weighted by Gasteiger charge is -2.18. The second-order valence-electron chi connectivity index (χ2n) is 4.16. The van der Waals surface area contributed by atoms with Gasteiger partial charge in [0, 0.05) is 39.2 Å². The van der Waals surface area contributed by atoms with Crippen molar-refractivity contribution in [2.45, 2.75) is 39.2 Å². The van der Waals surface area contributed by atoms with Crippen molar-refractivity contribution >= 4 is 5.91 Å². The second-order valence-corrected chi connectivity index (χ2v) is 4.16. The van der Waals surface area contributed by atoms with E-state index in [0.29, 0.717) is 12.5 Å². The van der Waals surface area contributed by atoms with Crippen molar-refractivity contribution in [1.29, 1.82) is 0 Å². The highest BCUT2D eigenvalue weighted by molar-refractivity contribution is 5.76. The molecule has 1 heterocycles. The lowest BCUT2D eigenvalue weighted by molar-refractivity contribution is -0.130. The maximum atomic E-state index is 11.7. The predicted octanol–water partition coefficient (Wildman–Crippen LogP) is 1.01. The fourth-order valence-electron chi connectivity index (χ4n) is 2.00. The van der Waals surface area contributed by atoms with Crippen LogP contribution in [0.5, 0.6) is 0 Å². The monoisotopic (exact) mass is 228 g/mol. The number of carbonyl (C=O) groups excluding carboxylic acids is 1. The number of amides is 1. The Hall–Kier alpha value is -0.610. The highest BCUT2D eigenvalue weighted by Crippen LogP contribution is 2.10. The topological polar surface area (TPSA) is 41.6 Å². The zero-order valence-corrected chi connectivity index (χ0v) is 10.5. The first-order valence-corrected chi connectivity index (χ1v) is 6.38. The molecule has 1 N–H and O–H groups in total. The number of nitrogens with one attached hydrogen (secondary N) is 1. The maximum Gasteiger partial charge on any atom is 0.223 e. The van der Waals surface area contributed by atoms with Crippen LogP contribution in [0.15, 0.2) is 0 Å². The molecule has 94 valence electrons. The highest BCUT2D eigenvalue weighted by Gasteiger charge is 2.15. The van der Waals surface area contributed by atoms with Crippen molar-refractivity contribution in [3.8, 4) is 0 Å². The summed E-state index contributed by atoms with van der Waals surface area (Å²) in [7, 11) is 0. The van der Waals surface area contributed by atoms with Gasteiger partial charge >= 0.3 is 0 Å². The molecule has 1 aliphatic heterocycles. The molecule has 16 heavy (non-hydrogen) atoms. The van der Waals surface area contributed by atoms with Crippen molar-refractivity contribution in [3.63, 3.8) is 0 Å². The minimum Gasteiger partial charge on any atom is -0.377 e. The van der Waals surface area contributed by atoms with E-state index in [1.165, 1.54) is 6.42 Å². The van der Waals surface area contributed by atoms with E-state index < -0.39 is 0 Å². The normalized spacial score (nSPS) is 20.0. The zero-order valence-electron chi connectivity index (χ0n) is 10.5. The molecule has 0 bridgehead atoms. The van der Waals surface area contributed by atoms with Crippen LogP contribution in [-0.2, 0) is 9.53 Å². The third kappa shape index (κ3) is 4.49. The van der Waals surface area contributed by atoms with Crippen molar-refractivity contribution in [2.75, 3.05) is 32.8 Å². The van der Waals surface area contributed by atoms with E-state index >= 15 is 0 Å². The summed E-state index contributed by atoms with van der Waals surface area (Å²) in [4.78, 5) is 13.5. The van der Waals surface area contributed by atoms with Gasteiger partial charge in [-0.3, -0.25) is 4.79 Å².